The average molecular weight is 310 g/mol. The van der Waals surface area contributed by atoms with Gasteiger partial charge in [0.15, 0.2) is 0 Å². The normalized spacial score (nSPS) is 15.2. The molecule has 8 heteroatoms. The fourth-order valence-corrected chi connectivity index (χ4v) is 4.79. The van der Waals surface area contributed by atoms with Crippen molar-refractivity contribution in [3.63, 3.8) is 0 Å². The second-order valence-corrected chi connectivity index (χ2v) is 7.76. The van der Waals surface area contributed by atoms with Crippen LogP contribution in [0.1, 0.15) is 17.5 Å². The first kappa shape index (κ1) is 13.3. The molecular weight excluding hydrogens is 296 g/mol. The minimum absolute atomic E-state index is 0.0524. The number of sulfonamides is 1. The monoisotopic (exact) mass is 310 g/mol. The molecule has 0 fully saturated rings. The zero-order valence-corrected chi connectivity index (χ0v) is 12.5. The van der Waals surface area contributed by atoms with E-state index in [2.05, 4.69) is 10.2 Å². The van der Waals surface area contributed by atoms with Gasteiger partial charge in [-0.05, 0) is 31.4 Å². The number of hydrogen-bond donors (Lipinski definition) is 1. The minimum atomic E-state index is -3.67. The fourth-order valence-electron chi connectivity index (χ4n) is 2.36. The second kappa shape index (κ2) is 4.71. The zero-order chi connectivity index (χ0) is 14.3. The van der Waals surface area contributed by atoms with Crippen molar-refractivity contribution in [3.05, 3.63) is 29.3 Å². The highest BCUT2D eigenvalue weighted by Crippen LogP contribution is 2.33. The molecule has 2 N–H and O–H groups in total. The minimum Gasteiger partial charge on any atom is -0.374 e. The van der Waals surface area contributed by atoms with Gasteiger partial charge >= 0.3 is 0 Å². The van der Waals surface area contributed by atoms with Gasteiger partial charge in [-0.1, -0.05) is 29.0 Å². The molecule has 0 atom stereocenters. The van der Waals surface area contributed by atoms with Gasteiger partial charge in [0.2, 0.25) is 5.13 Å². The highest BCUT2D eigenvalue weighted by molar-refractivity contribution is 7.94. The van der Waals surface area contributed by atoms with Crippen LogP contribution in [0.25, 0.3) is 0 Å². The third kappa shape index (κ3) is 2.14. The molecule has 1 aliphatic heterocycles. The number of nitrogens with zero attached hydrogens (tertiary/aromatic N) is 3. The highest BCUT2D eigenvalue weighted by atomic mass is 32.2. The lowest BCUT2D eigenvalue weighted by molar-refractivity contribution is 0.584. The molecule has 0 bridgehead atoms. The summed E-state index contributed by atoms with van der Waals surface area (Å²) in [6, 6.07) is 5.80. The summed E-state index contributed by atoms with van der Waals surface area (Å²) >= 11 is 0.892. The molecule has 0 radical (unpaired) electrons. The number of anilines is 2. The van der Waals surface area contributed by atoms with Crippen LogP contribution in [-0.4, -0.2) is 25.2 Å². The molecule has 0 saturated heterocycles. The van der Waals surface area contributed by atoms with Gasteiger partial charge in [-0.2, -0.15) is 8.42 Å². The Labute approximate surface area is 121 Å². The van der Waals surface area contributed by atoms with E-state index in [1.165, 1.54) is 4.31 Å². The van der Waals surface area contributed by atoms with Crippen LogP contribution in [0.15, 0.2) is 22.5 Å². The smallest absolute Gasteiger partial charge is 0.293 e. The quantitative estimate of drug-likeness (QED) is 0.909. The summed E-state index contributed by atoms with van der Waals surface area (Å²) in [7, 11) is -3.67. The van der Waals surface area contributed by atoms with Gasteiger partial charge in [-0.3, -0.25) is 4.31 Å². The van der Waals surface area contributed by atoms with Crippen LogP contribution in [0.2, 0.25) is 0 Å². The van der Waals surface area contributed by atoms with Crippen molar-refractivity contribution in [2.45, 2.75) is 24.1 Å². The van der Waals surface area contributed by atoms with Crippen LogP contribution < -0.4 is 10.0 Å². The summed E-state index contributed by atoms with van der Waals surface area (Å²) in [6.07, 6.45) is 1.69. The summed E-state index contributed by atoms with van der Waals surface area (Å²) in [4.78, 5) is 0. The number of aryl methyl sites for hydroxylation is 2. The number of rotatable bonds is 2. The summed E-state index contributed by atoms with van der Waals surface area (Å²) in [5, 5.41) is 7.41. The van der Waals surface area contributed by atoms with Crippen LogP contribution in [0.5, 0.6) is 0 Å². The third-order valence-electron chi connectivity index (χ3n) is 3.24. The van der Waals surface area contributed by atoms with Gasteiger partial charge in [-0.25, -0.2) is 0 Å². The fraction of sp³-hybridized carbons (Fsp3) is 0.333. The number of fused-ring (bicyclic) bond motifs is 1. The Balaban J connectivity index is 2.08. The summed E-state index contributed by atoms with van der Waals surface area (Å²) in [6.45, 7) is 2.46. The Hall–Kier alpha value is -1.67. The van der Waals surface area contributed by atoms with Crippen molar-refractivity contribution in [1.82, 2.24) is 10.2 Å². The summed E-state index contributed by atoms with van der Waals surface area (Å²) < 4.78 is 26.6. The van der Waals surface area contributed by atoms with E-state index >= 15 is 0 Å². The maximum Gasteiger partial charge on any atom is 0.293 e. The Morgan fingerprint density at radius 3 is 2.85 bits per heavy atom. The highest BCUT2D eigenvalue weighted by Gasteiger charge is 2.31. The molecule has 1 aromatic heterocycles. The molecule has 0 aliphatic carbocycles. The predicted octanol–water partition coefficient (Wildman–Crippen LogP) is 1.57. The van der Waals surface area contributed by atoms with Crippen molar-refractivity contribution in [2.75, 3.05) is 16.6 Å². The second-order valence-electron chi connectivity index (χ2n) is 4.72. The molecule has 2 aromatic rings. The van der Waals surface area contributed by atoms with Crippen molar-refractivity contribution < 1.29 is 8.42 Å². The van der Waals surface area contributed by atoms with E-state index in [4.69, 9.17) is 5.73 Å². The topological polar surface area (TPSA) is 89.2 Å². The molecule has 0 saturated carbocycles. The lowest BCUT2D eigenvalue weighted by Gasteiger charge is -2.29. The standard InChI is InChI=1S/C12H14N4O2S2/c1-8-4-5-10-9(7-8)3-2-6-16(10)20(17,18)12-15-14-11(13)19-12/h4-5,7H,2-3,6H2,1H3,(H2,13,14). The lowest BCUT2D eigenvalue weighted by atomic mass is 10.0. The third-order valence-corrected chi connectivity index (χ3v) is 6.16. The first-order chi connectivity index (χ1) is 9.48. The van der Waals surface area contributed by atoms with E-state index in [1.807, 2.05) is 25.1 Å². The number of nitrogens with two attached hydrogens (primary N) is 1. The maximum absolute atomic E-state index is 12.6. The average Bonchev–Trinajstić information content (AvgIpc) is 2.85. The molecule has 0 unspecified atom stereocenters. The lowest BCUT2D eigenvalue weighted by Crippen LogP contribution is -2.35. The number of aromatic nitrogens is 2. The van der Waals surface area contributed by atoms with E-state index in [0.29, 0.717) is 6.54 Å². The molecular formula is C12H14N4O2S2. The van der Waals surface area contributed by atoms with Crippen LogP contribution in [-0.2, 0) is 16.4 Å². The Bertz CT molecular complexity index is 755. The van der Waals surface area contributed by atoms with Crippen molar-refractivity contribution >= 4 is 32.2 Å². The predicted molar refractivity (Wildman–Crippen MR) is 78.4 cm³/mol. The Kier molecular flexibility index (Phi) is 3.14. The van der Waals surface area contributed by atoms with Gasteiger partial charge in [0.25, 0.3) is 14.4 Å². The molecule has 2 heterocycles. The van der Waals surface area contributed by atoms with Gasteiger partial charge in [0, 0.05) is 6.54 Å². The van der Waals surface area contributed by atoms with Gasteiger partial charge in [-0.15, -0.1) is 10.2 Å². The first-order valence-electron chi connectivity index (χ1n) is 6.20. The number of benzene rings is 1. The van der Waals surface area contributed by atoms with Crippen molar-refractivity contribution in [2.24, 2.45) is 0 Å². The summed E-state index contributed by atoms with van der Waals surface area (Å²) in [5.41, 5.74) is 8.39. The number of nitrogen functional groups attached to an aromatic ring is 1. The first-order valence-corrected chi connectivity index (χ1v) is 8.45. The maximum atomic E-state index is 12.6. The van der Waals surface area contributed by atoms with Crippen LogP contribution in [0, 0.1) is 6.92 Å². The molecule has 0 amide bonds. The molecule has 106 valence electrons. The zero-order valence-electron chi connectivity index (χ0n) is 10.9. The van der Waals surface area contributed by atoms with Crippen molar-refractivity contribution in [3.8, 4) is 0 Å². The van der Waals surface area contributed by atoms with E-state index < -0.39 is 10.0 Å². The van der Waals surface area contributed by atoms with E-state index in [1.54, 1.807) is 0 Å². The van der Waals surface area contributed by atoms with Gasteiger partial charge in [0.1, 0.15) is 0 Å². The molecule has 0 spiro atoms. The van der Waals surface area contributed by atoms with Gasteiger partial charge < -0.3 is 5.73 Å². The molecule has 3 rings (SSSR count). The van der Waals surface area contributed by atoms with E-state index in [0.717, 1.165) is 41.0 Å². The Morgan fingerprint density at radius 1 is 1.35 bits per heavy atom. The molecule has 1 aliphatic rings. The van der Waals surface area contributed by atoms with Crippen LogP contribution in [0.4, 0.5) is 10.8 Å². The number of hydrogen-bond acceptors (Lipinski definition) is 6. The SMILES string of the molecule is Cc1ccc2c(c1)CCCN2S(=O)(=O)c1nnc(N)s1. The van der Waals surface area contributed by atoms with Gasteiger partial charge in [0.05, 0.1) is 5.69 Å². The molecule has 6 nitrogen and oxygen atoms in total. The largest absolute Gasteiger partial charge is 0.374 e. The molecule has 20 heavy (non-hydrogen) atoms. The Morgan fingerprint density at radius 2 is 2.15 bits per heavy atom. The molecule has 1 aromatic carbocycles. The van der Waals surface area contributed by atoms with E-state index in [-0.39, 0.29) is 9.47 Å². The van der Waals surface area contributed by atoms with Crippen LogP contribution >= 0.6 is 11.3 Å². The van der Waals surface area contributed by atoms with Crippen molar-refractivity contribution in [1.29, 1.82) is 0 Å². The van der Waals surface area contributed by atoms with Crippen LogP contribution in [0.3, 0.4) is 0 Å². The van der Waals surface area contributed by atoms with E-state index in [9.17, 15) is 8.42 Å². The summed E-state index contributed by atoms with van der Waals surface area (Å²) in [5.74, 6) is 0.